The molecule has 1 aromatic carbocycles. The Bertz CT molecular complexity index is 412. The fraction of sp³-hybridized carbons (Fsp3) is 0.182. The molecule has 2 rings (SSSR count). The number of nitrogens with one attached hydrogen (secondary N) is 1. The van der Waals surface area contributed by atoms with Gasteiger partial charge < -0.3 is 15.2 Å². The smallest absolute Gasteiger partial charge is 0.262 e. The molecule has 15 heavy (non-hydrogen) atoms. The summed E-state index contributed by atoms with van der Waals surface area (Å²) >= 11 is 0. The lowest BCUT2D eigenvalue weighted by Crippen LogP contribution is -2.25. The van der Waals surface area contributed by atoms with Gasteiger partial charge in [-0.15, -0.1) is 0 Å². The molecule has 4 nitrogen and oxygen atoms in total. The van der Waals surface area contributed by atoms with Crippen molar-refractivity contribution in [2.45, 2.75) is 0 Å². The summed E-state index contributed by atoms with van der Waals surface area (Å²) in [4.78, 5) is 11.1. The average Bonchev–Trinajstić information content (AvgIpc) is 2.25. The molecule has 0 unspecified atom stereocenters. The Kier molecular flexibility index (Phi) is 2.69. The van der Waals surface area contributed by atoms with E-state index in [4.69, 9.17) is 9.84 Å². The maximum Gasteiger partial charge on any atom is 0.262 e. The fourth-order valence-corrected chi connectivity index (χ4v) is 1.39. The summed E-state index contributed by atoms with van der Waals surface area (Å²) in [5.74, 6) is 0.529. The lowest BCUT2D eigenvalue weighted by Gasteiger charge is -2.17. The van der Waals surface area contributed by atoms with Crippen molar-refractivity contribution in [1.82, 2.24) is 0 Å². The van der Waals surface area contributed by atoms with Crippen LogP contribution in [0.15, 0.2) is 24.3 Å². The maximum absolute atomic E-state index is 11.1. The van der Waals surface area contributed by atoms with Crippen LogP contribution in [0.4, 0.5) is 5.69 Å². The number of fused-ring (bicyclic) bond motifs is 1. The molecular weight excluding hydrogens is 194 g/mol. The van der Waals surface area contributed by atoms with Gasteiger partial charge >= 0.3 is 0 Å². The highest BCUT2D eigenvalue weighted by atomic mass is 16.5. The third-order valence-corrected chi connectivity index (χ3v) is 2.05. The van der Waals surface area contributed by atoms with E-state index in [-0.39, 0.29) is 19.1 Å². The van der Waals surface area contributed by atoms with Gasteiger partial charge in [0.15, 0.2) is 6.61 Å². The minimum Gasteiger partial charge on any atom is -0.482 e. The first-order valence-corrected chi connectivity index (χ1v) is 4.63. The zero-order valence-corrected chi connectivity index (χ0v) is 8.06. The molecule has 1 amide bonds. The first-order chi connectivity index (χ1) is 7.29. The van der Waals surface area contributed by atoms with Crippen LogP contribution < -0.4 is 10.1 Å². The van der Waals surface area contributed by atoms with Gasteiger partial charge in [0.25, 0.3) is 5.91 Å². The van der Waals surface area contributed by atoms with Crippen LogP contribution in [-0.4, -0.2) is 24.2 Å². The lowest BCUT2D eigenvalue weighted by molar-refractivity contribution is -0.118. The Labute approximate surface area is 87.2 Å². The van der Waals surface area contributed by atoms with Crippen molar-refractivity contribution in [3.05, 3.63) is 29.8 Å². The number of hydrogen-bond donors (Lipinski definition) is 2. The van der Waals surface area contributed by atoms with Gasteiger partial charge in [-0.05, 0) is 17.7 Å². The standard InChI is InChI=1S/C11H11NO3/c13-5-1-2-8-3-4-10-9(6-8)12-11(14)7-15-10/h1-4,6,13H,5,7H2,(H,12,14). The van der Waals surface area contributed by atoms with E-state index in [1.165, 1.54) is 0 Å². The number of aliphatic hydroxyl groups is 1. The second-order valence-electron chi connectivity index (χ2n) is 3.18. The highest BCUT2D eigenvalue weighted by Crippen LogP contribution is 2.28. The molecule has 1 heterocycles. The van der Waals surface area contributed by atoms with Crippen LogP contribution in [0.3, 0.4) is 0 Å². The van der Waals surface area contributed by atoms with Gasteiger partial charge in [0, 0.05) is 0 Å². The fourth-order valence-electron chi connectivity index (χ4n) is 1.39. The number of anilines is 1. The highest BCUT2D eigenvalue weighted by Gasteiger charge is 2.15. The molecule has 1 aliphatic heterocycles. The van der Waals surface area contributed by atoms with Gasteiger partial charge in [-0.25, -0.2) is 0 Å². The summed E-state index contributed by atoms with van der Waals surface area (Å²) in [7, 11) is 0. The third-order valence-electron chi connectivity index (χ3n) is 2.05. The topological polar surface area (TPSA) is 58.6 Å². The summed E-state index contributed by atoms with van der Waals surface area (Å²) in [6.45, 7) is 0.0682. The van der Waals surface area contributed by atoms with Crippen molar-refractivity contribution in [1.29, 1.82) is 0 Å². The summed E-state index contributed by atoms with van der Waals surface area (Å²) in [6, 6.07) is 5.47. The van der Waals surface area contributed by atoms with Crippen molar-refractivity contribution in [2.75, 3.05) is 18.5 Å². The van der Waals surface area contributed by atoms with Crippen LogP contribution >= 0.6 is 0 Å². The van der Waals surface area contributed by atoms with E-state index in [1.807, 2.05) is 6.07 Å². The number of amides is 1. The van der Waals surface area contributed by atoms with Crippen molar-refractivity contribution in [3.8, 4) is 5.75 Å². The summed E-state index contributed by atoms with van der Waals surface area (Å²) < 4.78 is 5.21. The number of hydrogen-bond acceptors (Lipinski definition) is 3. The number of aliphatic hydroxyl groups excluding tert-OH is 1. The van der Waals surface area contributed by atoms with E-state index in [0.717, 1.165) is 5.56 Å². The minimum absolute atomic E-state index is 0.0000557. The van der Waals surface area contributed by atoms with Crippen molar-refractivity contribution < 1.29 is 14.6 Å². The second-order valence-corrected chi connectivity index (χ2v) is 3.18. The Morgan fingerprint density at radius 2 is 2.40 bits per heavy atom. The molecule has 0 saturated heterocycles. The van der Waals surface area contributed by atoms with Gasteiger partial charge in [0.2, 0.25) is 0 Å². The van der Waals surface area contributed by atoms with Crippen LogP contribution in [0.5, 0.6) is 5.75 Å². The Morgan fingerprint density at radius 3 is 3.20 bits per heavy atom. The first kappa shape index (κ1) is 9.73. The summed E-state index contributed by atoms with van der Waals surface area (Å²) in [6.07, 6.45) is 3.41. The molecule has 0 atom stereocenters. The largest absolute Gasteiger partial charge is 0.482 e. The number of ether oxygens (including phenoxy) is 1. The molecule has 1 aliphatic rings. The van der Waals surface area contributed by atoms with Gasteiger partial charge in [-0.3, -0.25) is 4.79 Å². The zero-order chi connectivity index (χ0) is 10.7. The van der Waals surface area contributed by atoms with Gasteiger partial charge in [-0.2, -0.15) is 0 Å². The molecule has 0 saturated carbocycles. The van der Waals surface area contributed by atoms with E-state index in [9.17, 15) is 4.79 Å². The molecule has 0 aromatic heterocycles. The average molecular weight is 205 g/mol. The molecule has 0 bridgehead atoms. The molecule has 0 aliphatic carbocycles. The van der Waals surface area contributed by atoms with Gasteiger partial charge in [-0.1, -0.05) is 18.2 Å². The maximum atomic E-state index is 11.1. The van der Waals surface area contributed by atoms with Gasteiger partial charge in [0.05, 0.1) is 12.3 Å². The Morgan fingerprint density at radius 1 is 1.53 bits per heavy atom. The molecule has 1 aromatic rings. The monoisotopic (exact) mass is 205 g/mol. The number of carbonyl (C=O) groups is 1. The van der Waals surface area contributed by atoms with Crippen LogP contribution in [0.1, 0.15) is 5.56 Å². The van der Waals surface area contributed by atoms with Crippen molar-refractivity contribution in [2.24, 2.45) is 0 Å². The third kappa shape index (κ3) is 2.16. The van der Waals surface area contributed by atoms with Crippen molar-refractivity contribution >= 4 is 17.7 Å². The van der Waals surface area contributed by atoms with Crippen LogP contribution in [0.25, 0.3) is 6.08 Å². The van der Waals surface area contributed by atoms with E-state index in [2.05, 4.69) is 5.32 Å². The van der Waals surface area contributed by atoms with Crippen LogP contribution in [0.2, 0.25) is 0 Å². The summed E-state index contributed by atoms with van der Waals surface area (Å²) in [5, 5.41) is 11.3. The van der Waals surface area contributed by atoms with Crippen LogP contribution in [0, 0.1) is 0 Å². The van der Waals surface area contributed by atoms with E-state index < -0.39 is 0 Å². The second kappa shape index (κ2) is 4.14. The molecular formula is C11H11NO3. The van der Waals surface area contributed by atoms with Crippen LogP contribution in [-0.2, 0) is 4.79 Å². The van der Waals surface area contributed by atoms with Crippen molar-refractivity contribution in [3.63, 3.8) is 0 Å². The predicted octanol–water partition coefficient (Wildman–Crippen LogP) is 1.02. The molecule has 0 radical (unpaired) electrons. The van der Waals surface area contributed by atoms with Gasteiger partial charge in [0.1, 0.15) is 5.75 Å². The molecule has 2 N–H and O–H groups in total. The SMILES string of the molecule is O=C1COc2ccc(C=CCO)cc2N1. The molecule has 4 heteroatoms. The summed E-state index contributed by atoms with van der Waals surface area (Å²) in [5.41, 5.74) is 1.58. The molecule has 0 fully saturated rings. The Balaban J connectivity index is 2.28. The van der Waals surface area contributed by atoms with E-state index in [1.54, 1.807) is 24.3 Å². The number of rotatable bonds is 2. The highest BCUT2D eigenvalue weighted by molar-refractivity contribution is 5.95. The van der Waals surface area contributed by atoms with E-state index in [0.29, 0.717) is 11.4 Å². The molecule has 0 spiro atoms. The minimum atomic E-state index is -0.147. The first-order valence-electron chi connectivity index (χ1n) is 4.63. The molecule has 78 valence electrons. The van der Waals surface area contributed by atoms with E-state index >= 15 is 0 Å². The lowest BCUT2D eigenvalue weighted by atomic mass is 10.1. The number of benzene rings is 1. The zero-order valence-electron chi connectivity index (χ0n) is 8.06. The quantitative estimate of drug-likeness (QED) is 0.758. The normalized spacial score (nSPS) is 14.6. The Hall–Kier alpha value is -1.81. The number of carbonyl (C=O) groups excluding carboxylic acids is 1. The predicted molar refractivity (Wildman–Crippen MR) is 56.7 cm³/mol.